The monoisotopic (exact) mass is 324 g/mol. The molecule has 124 valence electrons. The van der Waals surface area contributed by atoms with Gasteiger partial charge in [0, 0.05) is 11.6 Å². The molecule has 2 rings (SSSR count). The summed E-state index contributed by atoms with van der Waals surface area (Å²) >= 11 is 0. The highest BCUT2D eigenvalue weighted by Crippen LogP contribution is 2.18. The molecule has 0 aliphatic rings. The second-order valence-electron chi connectivity index (χ2n) is 5.29. The average molecular weight is 324 g/mol. The Bertz CT molecular complexity index is 673. The Morgan fingerprint density at radius 3 is 2.70 bits per heavy atom. The summed E-state index contributed by atoms with van der Waals surface area (Å²) in [6, 6.07) is 5.40. The first-order valence-electron chi connectivity index (χ1n) is 7.13. The number of aromatic nitrogens is 3. The Labute approximate surface area is 132 Å². The van der Waals surface area contributed by atoms with Gasteiger partial charge < -0.3 is 14.6 Å². The first kappa shape index (κ1) is 16.9. The minimum atomic E-state index is -2.93. The van der Waals surface area contributed by atoms with Crippen LogP contribution >= 0.6 is 0 Å². The van der Waals surface area contributed by atoms with E-state index in [1.807, 2.05) is 18.4 Å². The molecule has 0 bridgehead atoms. The van der Waals surface area contributed by atoms with Crippen molar-refractivity contribution in [3.8, 4) is 5.75 Å². The van der Waals surface area contributed by atoms with Gasteiger partial charge in [-0.3, -0.25) is 4.79 Å². The standard InChI is InChI=1S/C15H18F2N4O2/c1-9(2)21-8-18-20-13(21)10(3)19-14(22)11-5-4-6-12(7-11)23-15(16)17/h4-10,15H,1-3H3,(H,19,22)/t10-/m1/s1. The molecule has 8 heteroatoms. The molecule has 2 aromatic rings. The third-order valence-electron chi connectivity index (χ3n) is 3.21. The molecule has 0 spiro atoms. The van der Waals surface area contributed by atoms with Gasteiger partial charge >= 0.3 is 6.61 Å². The molecule has 1 aromatic heterocycles. The van der Waals surface area contributed by atoms with E-state index in [1.54, 1.807) is 13.3 Å². The quantitative estimate of drug-likeness (QED) is 0.887. The summed E-state index contributed by atoms with van der Waals surface area (Å²) in [4.78, 5) is 12.3. The van der Waals surface area contributed by atoms with E-state index >= 15 is 0 Å². The fourth-order valence-corrected chi connectivity index (χ4v) is 2.12. The predicted molar refractivity (Wildman–Crippen MR) is 79.4 cm³/mol. The van der Waals surface area contributed by atoms with Crippen LogP contribution in [0.25, 0.3) is 0 Å². The molecule has 1 aromatic carbocycles. The van der Waals surface area contributed by atoms with Crippen molar-refractivity contribution in [3.63, 3.8) is 0 Å². The Morgan fingerprint density at radius 1 is 1.30 bits per heavy atom. The van der Waals surface area contributed by atoms with Gasteiger partial charge in [0.2, 0.25) is 0 Å². The zero-order valence-electron chi connectivity index (χ0n) is 13.0. The number of alkyl halides is 2. The highest BCUT2D eigenvalue weighted by molar-refractivity contribution is 5.94. The van der Waals surface area contributed by atoms with Gasteiger partial charge in [-0.05, 0) is 39.0 Å². The fraction of sp³-hybridized carbons (Fsp3) is 0.400. The largest absolute Gasteiger partial charge is 0.435 e. The number of carbonyl (C=O) groups is 1. The maximum absolute atomic E-state index is 12.3. The summed E-state index contributed by atoms with van der Waals surface area (Å²) < 4.78 is 30.6. The minimum absolute atomic E-state index is 0.0642. The molecule has 0 aliphatic heterocycles. The molecule has 0 unspecified atom stereocenters. The van der Waals surface area contributed by atoms with E-state index in [0.717, 1.165) is 0 Å². The summed E-state index contributed by atoms with van der Waals surface area (Å²) in [7, 11) is 0. The highest BCUT2D eigenvalue weighted by Gasteiger charge is 2.18. The van der Waals surface area contributed by atoms with E-state index in [-0.39, 0.29) is 23.4 Å². The molecule has 23 heavy (non-hydrogen) atoms. The Balaban J connectivity index is 2.11. The number of amides is 1. The molecule has 1 atom stereocenters. The van der Waals surface area contributed by atoms with Crippen molar-refractivity contribution in [1.82, 2.24) is 20.1 Å². The van der Waals surface area contributed by atoms with Crippen LogP contribution in [0.5, 0.6) is 5.75 Å². The first-order valence-corrected chi connectivity index (χ1v) is 7.13. The molecule has 0 aliphatic carbocycles. The van der Waals surface area contributed by atoms with Crippen LogP contribution in [-0.4, -0.2) is 27.3 Å². The lowest BCUT2D eigenvalue weighted by molar-refractivity contribution is -0.0498. The number of hydrogen-bond acceptors (Lipinski definition) is 4. The summed E-state index contributed by atoms with van der Waals surface area (Å²) in [6.07, 6.45) is 1.60. The van der Waals surface area contributed by atoms with Crippen molar-refractivity contribution in [2.45, 2.75) is 39.5 Å². The number of benzene rings is 1. The number of carbonyl (C=O) groups excluding carboxylic acids is 1. The number of ether oxygens (including phenoxy) is 1. The molecule has 6 nitrogen and oxygen atoms in total. The molecular weight excluding hydrogens is 306 g/mol. The van der Waals surface area contributed by atoms with Gasteiger partial charge in [0.1, 0.15) is 12.1 Å². The molecule has 1 amide bonds. The molecule has 0 radical (unpaired) electrons. The Kier molecular flexibility index (Phi) is 5.25. The summed E-state index contributed by atoms with van der Waals surface area (Å²) in [6.45, 7) is 2.80. The SMILES string of the molecule is CC(C)n1cnnc1[C@@H](C)NC(=O)c1cccc(OC(F)F)c1. The van der Waals surface area contributed by atoms with Crippen LogP contribution in [0.15, 0.2) is 30.6 Å². The summed E-state index contributed by atoms with van der Waals surface area (Å²) in [5.74, 6) is 0.148. The van der Waals surface area contributed by atoms with E-state index in [9.17, 15) is 13.6 Å². The summed E-state index contributed by atoms with van der Waals surface area (Å²) in [5, 5.41) is 10.6. The maximum atomic E-state index is 12.3. The van der Waals surface area contributed by atoms with Crippen molar-refractivity contribution in [2.75, 3.05) is 0 Å². The number of hydrogen-bond donors (Lipinski definition) is 1. The second kappa shape index (κ2) is 7.17. The van der Waals surface area contributed by atoms with E-state index in [4.69, 9.17) is 0 Å². The van der Waals surface area contributed by atoms with Gasteiger partial charge in [-0.2, -0.15) is 8.78 Å². The lowest BCUT2D eigenvalue weighted by Crippen LogP contribution is -2.29. The van der Waals surface area contributed by atoms with Gasteiger partial charge in [0.25, 0.3) is 5.91 Å². The van der Waals surface area contributed by atoms with Crippen molar-refractivity contribution in [3.05, 3.63) is 42.0 Å². The van der Waals surface area contributed by atoms with Crippen LogP contribution in [-0.2, 0) is 0 Å². The smallest absolute Gasteiger partial charge is 0.387 e. The molecule has 1 heterocycles. The van der Waals surface area contributed by atoms with Gasteiger partial charge in [0.05, 0.1) is 6.04 Å². The third kappa shape index (κ3) is 4.24. The van der Waals surface area contributed by atoms with Crippen molar-refractivity contribution < 1.29 is 18.3 Å². The second-order valence-corrected chi connectivity index (χ2v) is 5.29. The normalized spacial score (nSPS) is 12.5. The zero-order valence-corrected chi connectivity index (χ0v) is 13.0. The highest BCUT2D eigenvalue weighted by atomic mass is 19.3. The lowest BCUT2D eigenvalue weighted by Gasteiger charge is -2.17. The molecule has 0 saturated carbocycles. The Morgan fingerprint density at radius 2 is 2.04 bits per heavy atom. The number of nitrogens with one attached hydrogen (secondary N) is 1. The van der Waals surface area contributed by atoms with Crippen LogP contribution < -0.4 is 10.1 Å². The predicted octanol–water partition coefficient (Wildman–Crippen LogP) is 2.95. The fourth-order valence-electron chi connectivity index (χ4n) is 2.12. The van der Waals surface area contributed by atoms with Crippen LogP contribution in [0.1, 0.15) is 49.0 Å². The lowest BCUT2D eigenvalue weighted by atomic mass is 10.2. The van der Waals surface area contributed by atoms with E-state index in [2.05, 4.69) is 20.3 Å². The number of nitrogens with zero attached hydrogens (tertiary/aromatic N) is 3. The molecule has 0 fully saturated rings. The third-order valence-corrected chi connectivity index (χ3v) is 3.21. The van der Waals surface area contributed by atoms with Crippen molar-refractivity contribution >= 4 is 5.91 Å². The van der Waals surface area contributed by atoms with Crippen molar-refractivity contribution in [1.29, 1.82) is 0 Å². The van der Waals surface area contributed by atoms with Gasteiger partial charge in [-0.15, -0.1) is 10.2 Å². The average Bonchev–Trinajstić information content (AvgIpc) is 2.96. The minimum Gasteiger partial charge on any atom is -0.435 e. The van der Waals surface area contributed by atoms with Crippen LogP contribution in [0.2, 0.25) is 0 Å². The zero-order chi connectivity index (χ0) is 17.0. The van der Waals surface area contributed by atoms with E-state index in [1.165, 1.54) is 24.3 Å². The van der Waals surface area contributed by atoms with E-state index in [0.29, 0.717) is 5.82 Å². The molecule has 0 saturated heterocycles. The van der Waals surface area contributed by atoms with Gasteiger partial charge in [-0.1, -0.05) is 6.07 Å². The first-order chi connectivity index (χ1) is 10.9. The van der Waals surface area contributed by atoms with Gasteiger partial charge in [-0.25, -0.2) is 0 Å². The Hall–Kier alpha value is -2.51. The summed E-state index contributed by atoms with van der Waals surface area (Å²) in [5.41, 5.74) is 0.227. The maximum Gasteiger partial charge on any atom is 0.387 e. The molecule has 1 N–H and O–H groups in total. The van der Waals surface area contributed by atoms with Crippen molar-refractivity contribution in [2.24, 2.45) is 0 Å². The van der Waals surface area contributed by atoms with E-state index < -0.39 is 12.5 Å². The van der Waals surface area contributed by atoms with Gasteiger partial charge in [0.15, 0.2) is 5.82 Å². The molecular formula is C15H18F2N4O2. The number of halogens is 2. The topological polar surface area (TPSA) is 69.0 Å². The number of rotatable bonds is 6. The van der Waals surface area contributed by atoms with Crippen LogP contribution in [0.4, 0.5) is 8.78 Å². The van der Waals surface area contributed by atoms with Crippen LogP contribution in [0.3, 0.4) is 0 Å². The van der Waals surface area contributed by atoms with Crippen LogP contribution in [0, 0.1) is 0 Å².